The molecule has 1 aliphatic heterocycles. The average Bonchev–Trinajstić information content (AvgIpc) is 3.50. The van der Waals surface area contributed by atoms with Crippen molar-refractivity contribution in [1.29, 1.82) is 0 Å². The Morgan fingerprint density at radius 2 is 1.86 bits per heavy atom. The first-order valence-electron chi connectivity index (χ1n) is 12.4. The molecular formula is C25H39N3O8. The molecule has 0 radical (unpaired) electrons. The van der Waals surface area contributed by atoms with Crippen molar-refractivity contribution in [2.24, 2.45) is 17.8 Å². The van der Waals surface area contributed by atoms with Crippen molar-refractivity contribution in [2.75, 3.05) is 6.61 Å². The minimum atomic E-state index is -0.985. The number of cyclic esters (lactones) is 1. The lowest BCUT2D eigenvalue weighted by atomic mass is 9.83. The maximum atomic E-state index is 12.7. The molecule has 11 nitrogen and oxygen atoms in total. The predicted octanol–water partition coefficient (Wildman–Crippen LogP) is 1.60. The van der Waals surface area contributed by atoms with E-state index >= 15 is 0 Å². The van der Waals surface area contributed by atoms with Crippen LogP contribution in [0.25, 0.3) is 0 Å². The zero-order valence-electron chi connectivity index (χ0n) is 21.9. The molecule has 0 spiro atoms. The molecule has 2 rings (SSSR count). The summed E-state index contributed by atoms with van der Waals surface area (Å²) in [6, 6.07) is -2.16. The van der Waals surface area contributed by atoms with E-state index in [9.17, 15) is 24.0 Å². The van der Waals surface area contributed by atoms with Gasteiger partial charge in [0.25, 0.3) is 5.91 Å². The van der Waals surface area contributed by atoms with Gasteiger partial charge >= 0.3 is 18.0 Å². The number of carbonyl (C=O) groups excluding carboxylic acids is 5. The lowest BCUT2D eigenvalue weighted by molar-refractivity contribution is -0.193. The topological polar surface area (TPSA) is 149 Å². The molecule has 1 saturated carbocycles. The molecule has 1 saturated heterocycles. The van der Waals surface area contributed by atoms with Crippen LogP contribution >= 0.6 is 0 Å². The zero-order valence-corrected chi connectivity index (χ0v) is 21.9. The molecule has 3 amide bonds. The van der Waals surface area contributed by atoms with Gasteiger partial charge in [-0.2, -0.15) is 0 Å². The van der Waals surface area contributed by atoms with Crippen LogP contribution in [0.5, 0.6) is 0 Å². The van der Waals surface area contributed by atoms with Crippen molar-refractivity contribution in [2.45, 2.75) is 90.6 Å². The van der Waals surface area contributed by atoms with E-state index in [0.29, 0.717) is 6.42 Å². The predicted molar refractivity (Wildman–Crippen MR) is 129 cm³/mol. The fourth-order valence-electron chi connectivity index (χ4n) is 3.88. The standard InChI is InChI=1S/C25H39N3O8/c1-8-10-34-22(31)17(28-20(29)14(4)26-24(33)36-25(5,6)7)12-15-11-16(15)27-21(30)19-18(13(3)9-2)23(32)35-19/h8,13-19H,1,9-12H2,2-7H3,(H,26,33)(H,27,30)(H,28,29). The summed E-state index contributed by atoms with van der Waals surface area (Å²) < 4.78 is 15.3. The Morgan fingerprint density at radius 1 is 1.19 bits per heavy atom. The summed E-state index contributed by atoms with van der Waals surface area (Å²) in [7, 11) is 0. The fourth-order valence-corrected chi connectivity index (χ4v) is 3.88. The number of ether oxygens (including phenoxy) is 3. The van der Waals surface area contributed by atoms with Crippen molar-refractivity contribution in [1.82, 2.24) is 16.0 Å². The summed E-state index contributed by atoms with van der Waals surface area (Å²) in [5.41, 5.74) is -0.727. The Kier molecular flexibility index (Phi) is 9.89. The first-order valence-corrected chi connectivity index (χ1v) is 12.4. The molecule has 7 atom stereocenters. The Morgan fingerprint density at radius 3 is 2.42 bits per heavy atom. The van der Waals surface area contributed by atoms with Crippen molar-refractivity contribution in [3.8, 4) is 0 Å². The summed E-state index contributed by atoms with van der Waals surface area (Å²) in [6.45, 7) is 13.9. The van der Waals surface area contributed by atoms with Gasteiger partial charge in [-0.15, -0.1) is 0 Å². The van der Waals surface area contributed by atoms with Crippen LogP contribution < -0.4 is 16.0 Å². The van der Waals surface area contributed by atoms with Crippen LogP contribution in [0.1, 0.15) is 60.8 Å². The van der Waals surface area contributed by atoms with Crippen LogP contribution in [-0.2, 0) is 33.4 Å². The van der Waals surface area contributed by atoms with E-state index in [1.807, 2.05) is 13.8 Å². The number of hydrogen-bond acceptors (Lipinski definition) is 8. The number of amides is 3. The van der Waals surface area contributed by atoms with E-state index in [4.69, 9.17) is 14.2 Å². The van der Waals surface area contributed by atoms with Crippen LogP contribution in [-0.4, -0.2) is 66.3 Å². The Hall–Kier alpha value is -3.11. The lowest BCUT2D eigenvalue weighted by Crippen LogP contribution is -2.56. The third-order valence-electron chi connectivity index (χ3n) is 6.22. The molecule has 7 unspecified atom stereocenters. The molecule has 1 heterocycles. The second-order valence-corrected chi connectivity index (χ2v) is 10.5. The average molecular weight is 510 g/mol. The highest BCUT2D eigenvalue weighted by atomic mass is 16.6. The van der Waals surface area contributed by atoms with Gasteiger partial charge in [0.15, 0.2) is 6.10 Å². The first kappa shape index (κ1) is 29.1. The van der Waals surface area contributed by atoms with Gasteiger partial charge in [-0.3, -0.25) is 14.4 Å². The highest BCUT2D eigenvalue weighted by molar-refractivity contribution is 5.94. The van der Waals surface area contributed by atoms with Crippen LogP contribution in [0.3, 0.4) is 0 Å². The normalized spacial score (nSPS) is 25.1. The molecule has 0 bridgehead atoms. The minimum Gasteiger partial charge on any atom is -0.460 e. The monoisotopic (exact) mass is 509 g/mol. The summed E-state index contributed by atoms with van der Waals surface area (Å²) >= 11 is 0. The third-order valence-corrected chi connectivity index (χ3v) is 6.22. The number of esters is 2. The summed E-state index contributed by atoms with van der Waals surface area (Å²) in [6.07, 6.45) is 1.44. The Labute approximate surface area is 212 Å². The number of nitrogens with one attached hydrogen (secondary N) is 3. The van der Waals surface area contributed by atoms with E-state index in [2.05, 4.69) is 22.5 Å². The van der Waals surface area contributed by atoms with Gasteiger partial charge in [0.05, 0.1) is 0 Å². The van der Waals surface area contributed by atoms with E-state index in [-0.39, 0.29) is 42.8 Å². The van der Waals surface area contributed by atoms with Crippen molar-refractivity contribution in [3.05, 3.63) is 12.7 Å². The van der Waals surface area contributed by atoms with Gasteiger partial charge in [0.2, 0.25) is 5.91 Å². The number of hydrogen-bond donors (Lipinski definition) is 3. The maximum Gasteiger partial charge on any atom is 0.408 e. The Bertz CT molecular complexity index is 868. The van der Waals surface area contributed by atoms with Crippen LogP contribution in [0.4, 0.5) is 4.79 Å². The molecule has 0 aromatic carbocycles. The molecule has 3 N–H and O–H groups in total. The summed E-state index contributed by atoms with van der Waals surface area (Å²) in [4.78, 5) is 61.6. The summed E-state index contributed by atoms with van der Waals surface area (Å²) in [5, 5.41) is 7.93. The van der Waals surface area contributed by atoms with E-state index in [1.54, 1.807) is 20.8 Å². The third kappa shape index (κ3) is 8.23. The largest absolute Gasteiger partial charge is 0.460 e. The van der Waals surface area contributed by atoms with Crippen LogP contribution in [0.15, 0.2) is 12.7 Å². The smallest absolute Gasteiger partial charge is 0.408 e. The highest BCUT2D eigenvalue weighted by Crippen LogP contribution is 2.37. The highest BCUT2D eigenvalue weighted by Gasteiger charge is 2.51. The molecule has 1 aliphatic carbocycles. The molecular weight excluding hydrogens is 470 g/mol. The van der Waals surface area contributed by atoms with Crippen molar-refractivity contribution in [3.63, 3.8) is 0 Å². The van der Waals surface area contributed by atoms with Gasteiger partial charge in [-0.1, -0.05) is 32.9 Å². The maximum absolute atomic E-state index is 12.7. The molecule has 202 valence electrons. The van der Waals surface area contributed by atoms with Crippen LogP contribution in [0, 0.1) is 17.8 Å². The van der Waals surface area contributed by atoms with Gasteiger partial charge in [0, 0.05) is 6.04 Å². The molecule has 36 heavy (non-hydrogen) atoms. The van der Waals surface area contributed by atoms with E-state index < -0.39 is 47.7 Å². The molecule has 0 aromatic heterocycles. The lowest BCUT2D eigenvalue weighted by Gasteiger charge is -2.37. The molecule has 2 aliphatic rings. The second-order valence-electron chi connectivity index (χ2n) is 10.5. The van der Waals surface area contributed by atoms with Gasteiger partial charge in [-0.25, -0.2) is 9.59 Å². The molecule has 0 aromatic rings. The van der Waals surface area contributed by atoms with Gasteiger partial charge in [-0.05, 0) is 52.4 Å². The van der Waals surface area contributed by atoms with Crippen molar-refractivity contribution >= 4 is 29.8 Å². The van der Waals surface area contributed by atoms with E-state index in [1.165, 1.54) is 13.0 Å². The molecule has 11 heteroatoms. The SMILES string of the molecule is C=CCOC(=O)C(CC1CC1NC(=O)C1OC(=O)C1C(C)CC)NC(=O)C(C)NC(=O)OC(C)(C)C. The van der Waals surface area contributed by atoms with Gasteiger partial charge < -0.3 is 30.2 Å². The summed E-state index contributed by atoms with van der Waals surface area (Å²) in [5.74, 6) is -2.44. The van der Waals surface area contributed by atoms with Crippen LogP contribution in [0.2, 0.25) is 0 Å². The number of carbonyl (C=O) groups is 5. The zero-order chi connectivity index (χ0) is 27.2. The quantitative estimate of drug-likeness (QED) is 0.204. The fraction of sp³-hybridized carbons (Fsp3) is 0.720. The van der Waals surface area contributed by atoms with Crippen molar-refractivity contribution < 1.29 is 38.2 Å². The Balaban J connectivity index is 1.92. The van der Waals surface area contributed by atoms with E-state index in [0.717, 1.165) is 6.42 Å². The first-order chi connectivity index (χ1) is 16.8. The number of rotatable bonds is 12. The van der Waals surface area contributed by atoms with Gasteiger partial charge in [0.1, 0.15) is 30.2 Å². The minimum absolute atomic E-state index is 0.0220. The molecule has 2 fully saturated rings. The second kappa shape index (κ2) is 12.2. The number of alkyl carbamates (subject to hydrolysis) is 1.